The summed E-state index contributed by atoms with van der Waals surface area (Å²) in [5, 5.41) is 5.87. The van der Waals surface area contributed by atoms with Gasteiger partial charge in [-0.1, -0.05) is 32.0 Å². The number of hydrogen-bond donors (Lipinski definition) is 2. The van der Waals surface area contributed by atoms with E-state index >= 15 is 0 Å². The minimum absolute atomic E-state index is 0.229. The quantitative estimate of drug-likeness (QED) is 0.854. The lowest BCUT2D eigenvalue weighted by atomic mass is 10.0. The zero-order chi connectivity index (χ0) is 19.3. The summed E-state index contributed by atoms with van der Waals surface area (Å²) >= 11 is 0. The summed E-state index contributed by atoms with van der Waals surface area (Å²) in [6.07, 6.45) is 3.15. The number of hydrogen-bond acceptors (Lipinski definition) is 3. The molecule has 2 N–H and O–H groups in total. The number of nitrogens with one attached hydrogen (secondary N) is 2. The van der Waals surface area contributed by atoms with Gasteiger partial charge in [-0.2, -0.15) is 0 Å². The highest BCUT2D eigenvalue weighted by Gasteiger charge is 2.18. The Bertz CT molecular complexity index is 785. The molecule has 26 heavy (non-hydrogen) atoms. The van der Waals surface area contributed by atoms with Crippen molar-refractivity contribution in [2.75, 3.05) is 5.32 Å². The first-order chi connectivity index (χ1) is 12.2. The fraction of sp³-hybridized carbons (Fsp3) is 0.381. The van der Waals surface area contributed by atoms with Crippen molar-refractivity contribution in [1.29, 1.82) is 0 Å². The third-order valence-electron chi connectivity index (χ3n) is 3.98. The molecule has 138 valence electrons. The van der Waals surface area contributed by atoms with Crippen molar-refractivity contribution in [1.82, 2.24) is 10.3 Å². The lowest BCUT2D eigenvalue weighted by Crippen LogP contribution is -2.41. The molecule has 2 aromatic rings. The van der Waals surface area contributed by atoms with Gasteiger partial charge in [-0.15, -0.1) is 0 Å². The Labute approximate surface area is 155 Å². The largest absolute Gasteiger partial charge is 0.346 e. The highest BCUT2D eigenvalue weighted by Crippen LogP contribution is 2.23. The number of pyridine rings is 1. The van der Waals surface area contributed by atoms with Crippen LogP contribution < -0.4 is 10.6 Å². The highest BCUT2D eigenvalue weighted by atomic mass is 16.2. The normalized spacial score (nSPS) is 11.1. The molecule has 0 saturated heterocycles. The Hall–Kier alpha value is -2.69. The van der Waals surface area contributed by atoms with E-state index in [0.717, 1.165) is 29.7 Å². The summed E-state index contributed by atoms with van der Waals surface area (Å²) < 4.78 is 0. The van der Waals surface area contributed by atoms with E-state index in [2.05, 4.69) is 29.5 Å². The molecule has 1 aromatic heterocycles. The van der Waals surface area contributed by atoms with Gasteiger partial charge in [0.25, 0.3) is 11.8 Å². The van der Waals surface area contributed by atoms with E-state index in [1.165, 1.54) is 12.3 Å². The van der Waals surface area contributed by atoms with Crippen LogP contribution in [0.5, 0.6) is 0 Å². The first kappa shape index (κ1) is 19.6. The van der Waals surface area contributed by atoms with E-state index in [0.29, 0.717) is 5.56 Å². The Morgan fingerprint density at radius 1 is 1.00 bits per heavy atom. The number of aromatic nitrogens is 1. The Kier molecular flexibility index (Phi) is 6.14. The molecule has 0 aliphatic heterocycles. The number of para-hydroxylation sites is 1. The summed E-state index contributed by atoms with van der Waals surface area (Å²) in [5.41, 5.74) is 3.32. The smallest absolute Gasteiger partial charge is 0.270 e. The molecule has 0 atom stereocenters. The van der Waals surface area contributed by atoms with E-state index in [1.807, 2.05) is 39.0 Å². The van der Waals surface area contributed by atoms with Crippen molar-refractivity contribution in [3.05, 3.63) is 58.9 Å². The van der Waals surface area contributed by atoms with Gasteiger partial charge in [0.2, 0.25) is 0 Å². The average molecular weight is 353 g/mol. The molecule has 1 aromatic carbocycles. The second kappa shape index (κ2) is 8.13. The van der Waals surface area contributed by atoms with Crippen LogP contribution in [0.3, 0.4) is 0 Å². The molecule has 0 bridgehead atoms. The van der Waals surface area contributed by atoms with E-state index in [1.54, 1.807) is 6.07 Å². The van der Waals surface area contributed by atoms with Gasteiger partial charge in [0.05, 0.1) is 0 Å². The molecular weight excluding hydrogens is 326 g/mol. The average Bonchev–Trinajstić information content (AvgIpc) is 2.60. The van der Waals surface area contributed by atoms with Gasteiger partial charge < -0.3 is 10.6 Å². The molecule has 0 spiro atoms. The van der Waals surface area contributed by atoms with Gasteiger partial charge in [-0.05, 0) is 56.9 Å². The lowest BCUT2D eigenvalue weighted by molar-refractivity contribution is 0.0914. The molecule has 5 heteroatoms. The molecule has 2 amide bonds. The van der Waals surface area contributed by atoms with Crippen molar-refractivity contribution in [2.24, 2.45) is 0 Å². The van der Waals surface area contributed by atoms with Gasteiger partial charge in [-0.25, -0.2) is 0 Å². The Balaban J connectivity index is 2.27. The predicted octanol–water partition coefficient (Wildman–Crippen LogP) is 3.99. The fourth-order valence-corrected chi connectivity index (χ4v) is 2.69. The van der Waals surface area contributed by atoms with Gasteiger partial charge >= 0.3 is 0 Å². The summed E-state index contributed by atoms with van der Waals surface area (Å²) in [6, 6.07) is 9.18. The third kappa shape index (κ3) is 4.91. The second-order valence-corrected chi connectivity index (χ2v) is 7.25. The third-order valence-corrected chi connectivity index (χ3v) is 3.98. The van der Waals surface area contributed by atoms with Crippen molar-refractivity contribution in [3.63, 3.8) is 0 Å². The van der Waals surface area contributed by atoms with Crippen molar-refractivity contribution < 1.29 is 9.59 Å². The number of anilines is 1. The second-order valence-electron chi connectivity index (χ2n) is 7.25. The first-order valence-corrected chi connectivity index (χ1v) is 8.95. The molecule has 0 aliphatic rings. The number of carbonyl (C=O) groups is 2. The molecule has 1 heterocycles. The SMILES string of the molecule is CCc1cccc(CC)c1NC(=O)c1ccnc(C(=O)NC(C)(C)C)c1. The van der Waals surface area contributed by atoms with E-state index < -0.39 is 0 Å². The number of amides is 2. The molecule has 5 nitrogen and oxygen atoms in total. The monoisotopic (exact) mass is 353 g/mol. The highest BCUT2D eigenvalue weighted by molar-refractivity contribution is 6.06. The van der Waals surface area contributed by atoms with Crippen LogP contribution in [0.15, 0.2) is 36.5 Å². The topological polar surface area (TPSA) is 71.1 Å². The minimum Gasteiger partial charge on any atom is -0.346 e. The maximum atomic E-state index is 12.7. The number of carbonyl (C=O) groups excluding carboxylic acids is 2. The van der Waals surface area contributed by atoms with Crippen LogP contribution in [0.4, 0.5) is 5.69 Å². The zero-order valence-corrected chi connectivity index (χ0v) is 16.1. The van der Waals surface area contributed by atoms with Crippen molar-refractivity contribution in [3.8, 4) is 0 Å². The zero-order valence-electron chi connectivity index (χ0n) is 16.1. The predicted molar refractivity (Wildman–Crippen MR) is 105 cm³/mol. The molecule has 0 aliphatic carbocycles. The molecule has 2 rings (SSSR count). The van der Waals surface area contributed by atoms with E-state index in [-0.39, 0.29) is 23.0 Å². The summed E-state index contributed by atoms with van der Waals surface area (Å²) in [6.45, 7) is 9.82. The van der Waals surface area contributed by atoms with E-state index in [9.17, 15) is 9.59 Å². The summed E-state index contributed by atoms with van der Waals surface area (Å²) in [4.78, 5) is 29.1. The standard InChI is InChI=1S/C21H27N3O2/c1-6-14-9-8-10-15(7-2)18(14)23-19(25)16-11-12-22-17(13-16)20(26)24-21(3,4)5/h8-13H,6-7H2,1-5H3,(H,23,25)(H,24,26). The van der Waals surface area contributed by atoms with Crippen LogP contribution in [0.2, 0.25) is 0 Å². The number of benzene rings is 1. The van der Waals surface area contributed by atoms with Crippen LogP contribution >= 0.6 is 0 Å². The van der Waals surface area contributed by atoms with Gasteiger partial charge in [0, 0.05) is 23.0 Å². The molecule has 0 fully saturated rings. The molecule has 0 radical (unpaired) electrons. The van der Waals surface area contributed by atoms with Crippen LogP contribution in [0.25, 0.3) is 0 Å². The molecule has 0 saturated carbocycles. The van der Waals surface area contributed by atoms with Crippen molar-refractivity contribution in [2.45, 2.75) is 53.0 Å². The fourth-order valence-electron chi connectivity index (χ4n) is 2.69. The van der Waals surface area contributed by atoms with Gasteiger partial charge in [0.15, 0.2) is 0 Å². The molecule has 0 unspecified atom stereocenters. The maximum Gasteiger partial charge on any atom is 0.270 e. The van der Waals surface area contributed by atoms with Crippen LogP contribution in [0, 0.1) is 0 Å². The summed E-state index contributed by atoms with van der Waals surface area (Å²) in [5.74, 6) is -0.539. The summed E-state index contributed by atoms with van der Waals surface area (Å²) in [7, 11) is 0. The lowest BCUT2D eigenvalue weighted by Gasteiger charge is -2.20. The van der Waals surface area contributed by atoms with E-state index in [4.69, 9.17) is 0 Å². The number of nitrogens with zero attached hydrogens (tertiary/aromatic N) is 1. The number of rotatable bonds is 5. The minimum atomic E-state index is -0.368. The molecular formula is C21H27N3O2. The Morgan fingerprint density at radius 3 is 2.15 bits per heavy atom. The van der Waals surface area contributed by atoms with Crippen LogP contribution in [-0.2, 0) is 12.8 Å². The first-order valence-electron chi connectivity index (χ1n) is 8.95. The van der Waals surface area contributed by atoms with Crippen molar-refractivity contribution >= 4 is 17.5 Å². The maximum absolute atomic E-state index is 12.7. The van der Waals surface area contributed by atoms with Gasteiger partial charge in [-0.3, -0.25) is 14.6 Å². The number of aryl methyl sites for hydroxylation is 2. The van der Waals surface area contributed by atoms with Crippen LogP contribution in [-0.4, -0.2) is 22.3 Å². The van der Waals surface area contributed by atoms with Crippen LogP contribution in [0.1, 0.15) is 66.6 Å². The van der Waals surface area contributed by atoms with Gasteiger partial charge in [0.1, 0.15) is 5.69 Å². The Morgan fingerprint density at radius 2 is 1.62 bits per heavy atom.